The van der Waals surface area contributed by atoms with Crippen LogP contribution >= 0.6 is 11.8 Å². The molecule has 72 valence electrons. The Morgan fingerprint density at radius 1 is 1.43 bits per heavy atom. The number of carboxylic acid groups (broad SMARTS) is 1. The Morgan fingerprint density at radius 3 is 2.50 bits per heavy atom. The Kier molecular flexibility index (Phi) is 7.31. The summed E-state index contributed by atoms with van der Waals surface area (Å²) in [5.74, 6) is -0.553. The number of aliphatic carboxylic acids is 1. The van der Waals surface area contributed by atoms with Gasteiger partial charge in [0, 0.05) is 10.6 Å². The van der Waals surface area contributed by atoms with E-state index in [2.05, 4.69) is 0 Å². The van der Waals surface area contributed by atoms with Crippen molar-refractivity contribution in [1.82, 2.24) is 0 Å². The van der Waals surface area contributed by atoms with Crippen LogP contribution in [0.25, 0.3) is 0 Å². The summed E-state index contributed by atoms with van der Waals surface area (Å²) in [5.41, 5.74) is 5.34. The van der Waals surface area contributed by atoms with E-state index in [-0.39, 0.29) is 29.6 Å². The fourth-order valence-corrected chi connectivity index (χ4v) is 1.64. The van der Waals surface area contributed by atoms with Crippen molar-refractivity contribution in [2.24, 2.45) is 5.73 Å². The quantitative estimate of drug-likeness (QED) is 0.575. The Balaban J connectivity index is 0.00000169. The summed E-state index contributed by atoms with van der Waals surface area (Å²) in [4.78, 5) is 11.4. The summed E-state index contributed by atoms with van der Waals surface area (Å²) >= 11 is 1.45. The van der Waals surface area contributed by atoms with Crippen molar-refractivity contribution in [2.45, 2.75) is 10.9 Å². The first-order valence-corrected chi connectivity index (χ1v) is 4.85. The van der Waals surface area contributed by atoms with Crippen LogP contribution in [0.2, 0.25) is 0 Å². The van der Waals surface area contributed by atoms with Crippen molar-refractivity contribution in [3.63, 3.8) is 0 Å². The molecule has 0 radical (unpaired) electrons. The molecule has 0 unspecified atom stereocenters. The summed E-state index contributed by atoms with van der Waals surface area (Å²) in [6.45, 7) is 0. The van der Waals surface area contributed by atoms with Crippen LogP contribution in [0.4, 0.5) is 0 Å². The Hall–Kier alpha value is 0. The van der Waals surface area contributed by atoms with Crippen LogP contribution < -0.4 is 5.73 Å². The molecule has 1 atom stereocenters. The van der Waals surface area contributed by atoms with E-state index in [4.69, 9.17) is 10.8 Å². The van der Waals surface area contributed by atoms with Gasteiger partial charge in [0.15, 0.2) is 0 Å². The van der Waals surface area contributed by atoms with Gasteiger partial charge in [-0.1, -0.05) is 18.2 Å². The molecule has 1 aromatic carbocycles. The van der Waals surface area contributed by atoms with Gasteiger partial charge in [0.2, 0.25) is 0 Å². The van der Waals surface area contributed by atoms with Gasteiger partial charge >= 0.3 is 35.5 Å². The van der Waals surface area contributed by atoms with E-state index in [1.807, 2.05) is 30.3 Å². The van der Waals surface area contributed by atoms with Crippen LogP contribution in [-0.4, -0.2) is 52.4 Å². The van der Waals surface area contributed by atoms with Crippen LogP contribution in [0.5, 0.6) is 0 Å². The second kappa shape index (κ2) is 7.31. The molecular weight excluding hydrogens is 209 g/mol. The second-order valence-corrected chi connectivity index (χ2v) is 3.66. The summed E-state index contributed by atoms with van der Waals surface area (Å²) < 4.78 is 0. The van der Waals surface area contributed by atoms with Gasteiger partial charge in [-0.15, -0.1) is 11.8 Å². The predicted molar refractivity (Wildman–Crippen MR) is 59.9 cm³/mol. The first-order valence-electron chi connectivity index (χ1n) is 3.86. The maximum absolute atomic E-state index is 10.4. The summed E-state index contributed by atoms with van der Waals surface area (Å²) in [7, 11) is 0. The summed E-state index contributed by atoms with van der Waals surface area (Å²) in [6, 6.07) is 8.81. The number of nitrogens with two attached hydrogens (primary N) is 1. The van der Waals surface area contributed by atoms with Crippen LogP contribution in [0.3, 0.4) is 0 Å². The van der Waals surface area contributed by atoms with E-state index >= 15 is 0 Å². The van der Waals surface area contributed by atoms with Gasteiger partial charge in [0.25, 0.3) is 0 Å². The van der Waals surface area contributed by atoms with E-state index in [1.54, 1.807) is 0 Å². The van der Waals surface area contributed by atoms with E-state index in [1.165, 1.54) is 11.8 Å². The van der Waals surface area contributed by atoms with E-state index in [0.717, 1.165) is 4.90 Å². The van der Waals surface area contributed by atoms with Crippen molar-refractivity contribution >= 4 is 47.3 Å². The molecule has 0 spiro atoms. The summed E-state index contributed by atoms with van der Waals surface area (Å²) in [5, 5.41) is 8.52. The van der Waals surface area contributed by atoms with Crippen LogP contribution in [0.1, 0.15) is 0 Å². The third-order valence-electron chi connectivity index (χ3n) is 1.49. The molecular formula is C9H12NNaO2S. The number of hydrogen-bond acceptors (Lipinski definition) is 3. The molecule has 0 fully saturated rings. The molecule has 1 rings (SSSR count). The molecule has 3 nitrogen and oxygen atoms in total. The van der Waals surface area contributed by atoms with Crippen LogP contribution in [-0.2, 0) is 4.79 Å². The second-order valence-electron chi connectivity index (χ2n) is 2.57. The number of thioether (sulfide) groups is 1. The minimum atomic E-state index is -0.955. The molecule has 0 saturated heterocycles. The zero-order valence-corrected chi connectivity index (χ0v) is 7.83. The van der Waals surface area contributed by atoms with E-state index in [9.17, 15) is 4.79 Å². The average molecular weight is 221 g/mol. The molecule has 0 heterocycles. The van der Waals surface area contributed by atoms with E-state index < -0.39 is 12.0 Å². The van der Waals surface area contributed by atoms with Gasteiger partial charge in [-0.3, -0.25) is 4.79 Å². The molecule has 0 aliphatic rings. The van der Waals surface area contributed by atoms with Crippen LogP contribution in [0, 0.1) is 0 Å². The van der Waals surface area contributed by atoms with Crippen molar-refractivity contribution in [1.29, 1.82) is 0 Å². The Morgan fingerprint density at radius 2 is 2.00 bits per heavy atom. The first kappa shape index (κ1) is 14.0. The summed E-state index contributed by atoms with van der Waals surface area (Å²) in [6.07, 6.45) is 0. The molecule has 0 amide bonds. The average Bonchev–Trinajstić information content (AvgIpc) is 2.15. The van der Waals surface area contributed by atoms with Gasteiger partial charge in [-0.25, -0.2) is 0 Å². The van der Waals surface area contributed by atoms with Crippen molar-refractivity contribution in [3.8, 4) is 0 Å². The standard InChI is InChI=1S/C9H11NO2S.Na.H/c10-8(9(11)12)6-13-7-4-2-1-3-5-7;;/h1-5,8H,6,10H2,(H,11,12);;/t8-;;/m0../s1. The third-order valence-corrected chi connectivity index (χ3v) is 2.62. The predicted octanol–water partition coefficient (Wildman–Crippen LogP) is 0.542. The van der Waals surface area contributed by atoms with Gasteiger partial charge in [0.1, 0.15) is 6.04 Å². The number of rotatable bonds is 4. The molecule has 3 N–H and O–H groups in total. The number of benzene rings is 1. The minimum absolute atomic E-state index is 0. The maximum atomic E-state index is 10.4. The Bertz CT molecular complexity index is 281. The monoisotopic (exact) mass is 221 g/mol. The zero-order valence-electron chi connectivity index (χ0n) is 7.01. The Labute approximate surface area is 109 Å². The van der Waals surface area contributed by atoms with E-state index in [0.29, 0.717) is 5.75 Å². The van der Waals surface area contributed by atoms with Gasteiger partial charge in [-0.05, 0) is 12.1 Å². The topological polar surface area (TPSA) is 63.3 Å². The first-order chi connectivity index (χ1) is 6.20. The molecule has 0 bridgehead atoms. The molecule has 0 aromatic heterocycles. The van der Waals surface area contributed by atoms with Gasteiger partial charge < -0.3 is 10.8 Å². The SMILES string of the molecule is N[C@@H](CSc1ccccc1)C(=O)O.[NaH]. The molecule has 0 aliphatic carbocycles. The normalized spacial score (nSPS) is 11.5. The van der Waals surface area contributed by atoms with Gasteiger partial charge in [-0.2, -0.15) is 0 Å². The number of carboxylic acids is 1. The fraction of sp³-hybridized carbons (Fsp3) is 0.222. The van der Waals surface area contributed by atoms with Crippen LogP contribution in [0.15, 0.2) is 35.2 Å². The van der Waals surface area contributed by atoms with Crippen molar-refractivity contribution in [2.75, 3.05) is 5.75 Å². The molecule has 14 heavy (non-hydrogen) atoms. The number of hydrogen-bond donors (Lipinski definition) is 2. The molecule has 0 aliphatic heterocycles. The van der Waals surface area contributed by atoms with Crippen molar-refractivity contribution < 1.29 is 9.90 Å². The third kappa shape index (κ3) is 5.02. The number of carbonyl (C=O) groups is 1. The molecule has 0 saturated carbocycles. The molecule has 5 heteroatoms. The van der Waals surface area contributed by atoms with Crippen molar-refractivity contribution in [3.05, 3.63) is 30.3 Å². The van der Waals surface area contributed by atoms with Gasteiger partial charge in [0.05, 0.1) is 0 Å². The zero-order chi connectivity index (χ0) is 9.68. The fourth-order valence-electron chi connectivity index (χ4n) is 0.774. The molecule has 1 aromatic rings.